The maximum atomic E-state index is 4.62. The summed E-state index contributed by atoms with van der Waals surface area (Å²) in [6, 6.07) is 10.4. The van der Waals surface area contributed by atoms with Gasteiger partial charge in [0.1, 0.15) is 0 Å². The van der Waals surface area contributed by atoms with E-state index < -0.39 is 0 Å². The van der Waals surface area contributed by atoms with Crippen molar-refractivity contribution >= 4 is 18.1 Å². The first-order valence-electron chi connectivity index (χ1n) is 6.34. The zero-order valence-corrected chi connectivity index (χ0v) is 10.6. The molecule has 0 aliphatic carbocycles. The van der Waals surface area contributed by atoms with E-state index in [1.165, 1.54) is 5.56 Å². The Labute approximate surface area is 110 Å². The summed E-state index contributed by atoms with van der Waals surface area (Å²) < 4.78 is 1.82. The summed E-state index contributed by atoms with van der Waals surface area (Å²) in [6.45, 7) is 3.77. The average Bonchev–Trinajstić information content (AvgIpc) is 3.04. The van der Waals surface area contributed by atoms with Gasteiger partial charge >= 0.3 is 0 Å². The van der Waals surface area contributed by atoms with E-state index in [9.17, 15) is 0 Å². The molecule has 1 aromatic heterocycles. The Bertz CT molecular complexity index is 693. The van der Waals surface area contributed by atoms with Crippen LogP contribution in [0.15, 0.2) is 40.3 Å². The van der Waals surface area contributed by atoms with Crippen molar-refractivity contribution in [1.29, 1.82) is 0 Å². The van der Waals surface area contributed by atoms with Crippen LogP contribution in [-0.2, 0) is 0 Å². The molecule has 94 valence electrons. The first kappa shape index (κ1) is 10.5. The molecule has 0 radical (unpaired) electrons. The van der Waals surface area contributed by atoms with Gasteiger partial charge in [-0.25, -0.2) is 9.98 Å². The molecule has 4 rings (SSSR count). The zero-order valence-electron chi connectivity index (χ0n) is 10.6. The van der Waals surface area contributed by atoms with Crippen molar-refractivity contribution in [2.75, 3.05) is 13.1 Å². The predicted octanol–water partition coefficient (Wildman–Crippen LogP) is 2.05. The molecule has 0 atom stereocenters. The molecule has 0 spiro atoms. The smallest absolute Gasteiger partial charge is 0.229 e. The Hall–Kier alpha value is -2.43. The summed E-state index contributed by atoms with van der Waals surface area (Å²) >= 11 is 0. The Morgan fingerprint density at radius 2 is 2.00 bits per heavy atom. The molecule has 1 aromatic carbocycles. The van der Waals surface area contributed by atoms with Gasteiger partial charge in [-0.3, -0.25) is 4.90 Å². The second-order valence-corrected chi connectivity index (χ2v) is 4.79. The quantitative estimate of drug-likeness (QED) is 0.778. The second kappa shape index (κ2) is 3.78. The maximum absolute atomic E-state index is 4.62. The monoisotopic (exact) mass is 251 g/mol. The maximum Gasteiger partial charge on any atom is 0.229 e. The van der Waals surface area contributed by atoms with Crippen molar-refractivity contribution in [3.8, 4) is 11.3 Å². The number of aromatic nitrogens is 2. The van der Waals surface area contributed by atoms with E-state index in [4.69, 9.17) is 0 Å². The number of hydrogen-bond acceptors (Lipinski definition) is 4. The lowest BCUT2D eigenvalue weighted by atomic mass is 10.1. The lowest BCUT2D eigenvalue weighted by molar-refractivity contribution is 0.639. The highest BCUT2D eigenvalue weighted by molar-refractivity contribution is 5.97. The van der Waals surface area contributed by atoms with Gasteiger partial charge in [-0.1, -0.05) is 29.8 Å². The van der Waals surface area contributed by atoms with Crippen LogP contribution in [0.25, 0.3) is 11.3 Å². The number of fused-ring (bicyclic) bond motifs is 3. The standard InChI is InChI=1S/C14H13N5/c1-10-2-4-11(5-3-10)12-8-13-16-9-18-7-6-15-14(18)19(13)17-12/h2-5,8-9H,6-7H2,1H3. The van der Waals surface area contributed by atoms with E-state index >= 15 is 0 Å². The fourth-order valence-corrected chi connectivity index (χ4v) is 2.35. The minimum atomic E-state index is 0.806. The molecule has 0 bridgehead atoms. The zero-order chi connectivity index (χ0) is 12.8. The van der Waals surface area contributed by atoms with Crippen molar-refractivity contribution in [2.24, 2.45) is 9.98 Å². The fraction of sp³-hybridized carbons (Fsp3) is 0.214. The van der Waals surface area contributed by atoms with E-state index in [0.717, 1.165) is 36.1 Å². The van der Waals surface area contributed by atoms with Crippen molar-refractivity contribution in [3.05, 3.63) is 35.9 Å². The van der Waals surface area contributed by atoms with Gasteiger partial charge in [0, 0.05) is 18.2 Å². The topological polar surface area (TPSA) is 45.8 Å². The molecule has 5 heteroatoms. The number of hydrogen-bond donors (Lipinski definition) is 0. The molecule has 0 unspecified atom stereocenters. The number of nitrogens with zero attached hydrogens (tertiary/aromatic N) is 5. The second-order valence-electron chi connectivity index (χ2n) is 4.79. The van der Waals surface area contributed by atoms with Crippen molar-refractivity contribution in [3.63, 3.8) is 0 Å². The van der Waals surface area contributed by atoms with Gasteiger partial charge in [0.25, 0.3) is 0 Å². The Kier molecular flexibility index (Phi) is 2.09. The summed E-state index contributed by atoms with van der Waals surface area (Å²) in [5.74, 6) is 1.72. The van der Waals surface area contributed by atoms with Gasteiger partial charge in [-0.05, 0) is 6.92 Å². The van der Waals surface area contributed by atoms with E-state index in [-0.39, 0.29) is 0 Å². The van der Waals surface area contributed by atoms with Gasteiger partial charge in [-0.2, -0.15) is 9.78 Å². The molecular formula is C14H13N5. The van der Waals surface area contributed by atoms with Crippen LogP contribution in [0, 0.1) is 6.92 Å². The Balaban J connectivity index is 1.81. The Morgan fingerprint density at radius 1 is 1.16 bits per heavy atom. The highest BCUT2D eigenvalue weighted by Crippen LogP contribution is 2.26. The van der Waals surface area contributed by atoms with E-state index in [1.54, 1.807) is 0 Å². The Morgan fingerprint density at radius 3 is 2.84 bits per heavy atom. The summed E-state index contributed by atoms with van der Waals surface area (Å²) in [6.07, 6.45) is 1.84. The van der Waals surface area contributed by atoms with E-state index in [1.807, 2.05) is 22.0 Å². The molecule has 2 aliphatic heterocycles. The summed E-state index contributed by atoms with van der Waals surface area (Å²) in [5, 5.41) is 4.62. The van der Waals surface area contributed by atoms with Crippen molar-refractivity contribution in [2.45, 2.75) is 6.92 Å². The van der Waals surface area contributed by atoms with Gasteiger partial charge in [-0.15, -0.1) is 0 Å². The summed E-state index contributed by atoms with van der Waals surface area (Å²) in [7, 11) is 0. The molecule has 2 aromatic rings. The number of aliphatic imine (C=N–C) groups is 2. The summed E-state index contributed by atoms with van der Waals surface area (Å²) in [4.78, 5) is 10.9. The third-order valence-corrected chi connectivity index (χ3v) is 3.41. The van der Waals surface area contributed by atoms with Crippen LogP contribution in [0.2, 0.25) is 0 Å². The summed E-state index contributed by atoms with van der Waals surface area (Å²) in [5.41, 5.74) is 3.29. The molecular weight excluding hydrogens is 238 g/mol. The molecule has 0 fully saturated rings. The van der Waals surface area contributed by atoms with Crippen LogP contribution < -0.4 is 0 Å². The van der Waals surface area contributed by atoms with Gasteiger partial charge in [0.15, 0.2) is 5.82 Å². The van der Waals surface area contributed by atoms with Crippen LogP contribution in [-0.4, -0.2) is 40.1 Å². The molecule has 2 aliphatic rings. The first-order chi connectivity index (χ1) is 9.31. The highest BCUT2D eigenvalue weighted by atomic mass is 15.5. The van der Waals surface area contributed by atoms with Crippen LogP contribution in [0.5, 0.6) is 0 Å². The van der Waals surface area contributed by atoms with Gasteiger partial charge < -0.3 is 0 Å². The molecule has 0 saturated carbocycles. The lowest BCUT2D eigenvalue weighted by Crippen LogP contribution is -2.34. The van der Waals surface area contributed by atoms with E-state index in [0.29, 0.717) is 0 Å². The highest BCUT2D eigenvalue weighted by Gasteiger charge is 2.24. The van der Waals surface area contributed by atoms with Gasteiger partial charge in [0.2, 0.25) is 5.96 Å². The van der Waals surface area contributed by atoms with E-state index in [2.05, 4.69) is 46.3 Å². The van der Waals surface area contributed by atoms with Gasteiger partial charge in [0.05, 0.1) is 18.6 Å². The lowest BCUT2D eigenvalue weighted by Gasteiger charge is -2.18. The molecule has 19 heavy (non-hydrogen) atoms. The van der Waals surface area contributed by atoms with Crippen LogP contribution in [0.4, 0.5) is 5.82 Å². The SMILES string of the molecule is Cc1ccc(-c2cc3n(n2)C2=NCCN2C=N3)cc1. The normalized spacial score (nSPS) is 16.3. The van der Waals surface area contributed by atoms with Crippen LogP contribution >= 0.6 is 0 Å². The molecule has 3 heterocycles. The van der Waals surface area contributed by atoms with Crippen molar-refractivity contribution in [1.82, 2.24) is 14.7 Å². The minimum absolute atomic E-state index is 0.806. The van der Waals surface area contributed by atoms with Crippen LogP contribution in [0.1, 0.15) is 5.56 Å². The minimum Gasteiger partial charge on any atom is -0.299 e. The number of rotatable bonds is 1. The molecule has 5 nitrogen and oxygen atoms in total. The molecule has 0 amide bonds. The largest absolute Gasteiger partial charge is 0.299 e. The predicted molar refractivity (Wildman–Crippen MR) is 75.0 cm³/mol. The molecule has 0 saturated heterocycles. The third kappa shape index (κ3) is 1.58. The number of aryl methyl sites for hydroxylation is 1. The fourth-order valence-electron chi connectivity index (χ4n) is 2.35. The number of benzene rings is 1. The van der Waals surface area contributed by atoms with Crippen molar-refractivity contribution < 1.29 is 0 Å². The van der Waals surface area contributed by atoms with Crippen LogP contribution in [0.3, 0.4) is 0 Å². The molecule has 0 N–H and O–H groups in total. The third-order valence-electron chi connectivity index (χ3n) is 3.41. The first-order valence-corrected chi connectivity index (χ1v) is 6.34. The average molecular weight is 251 g/mol.